The van der Waals surface area contributed by atoms with Gasteiger partial charge in [-0.25, -0.2) is 0 Å². The van der Waals surface area contributed by atoms with E-state index >= 15 is 0 Å². The van der Waals surface area contributed by atoms with Crippen molar-refractivity contribution >= 4 is 70.9 Å². The fourth-order valence-corrected chi connectivity index (χ4v) is 6.78. The van der Waals surface area contributed by atoms with Crippen molar-refractivity contribution in [3.05, 3.63) is 29.8 Å². The molecule has 1 aromatic carbocycles. The lowest BCUT2D eigenvalue weighted by Crippen LogP contribution is -2.62. The Hall–Kier alpha value is -7.46. The molecule has 0 saturated carbocycles. The number of phenols is 1. The molecule has 0 heterocycles. The lowest BCUT2D eigenvalue weighted by molar-refractivity contribution is -0.139. The molecule has 0 aromatic heterocycles. The van der Waals surface area contributed by atoms with E-state index in [4.69, 9.17) is 22.3 Å². The second-order valence-electron chi connectivity index (χ2n) is 17.7. The van der Waals surface area contributed by atoms with Crippen LogP contribution in [0.4, 0.5) is 0 Å². The first-order valence-electron chi connectivity index (χ1n) is 23.4. The summed E-state index contributed by atoms with van der Waals surface area (Å²) in [5, 5.41) is 59.7. The monoisotopic (exact) mass is 1040 g/mol. The molecular formula is C45H72N12O16. The molecule has 0 bridgehead atoms. The van der Waals surface area contributed by atoms with Crippen LogP contribution in [0.2, 0.25) is 0 Å². The number of primary amides is 2. The highest BCUT2D eigenvalue weighted by atomic mass is 16.4. The first-order chi connectivity index (χ1) is 34.2. The Morgan fingerprint density at radius 2 is 0.904 bits per heavy atom. The topological polar surface area (TPSA) is 472 Å². The predicted octanol–water partition coefficient (Wildman–Crippen LogP) is -6.15. The highest BCUT2D eigenvalue weighted by molar-refractivity contribution is 6.00. The standard InChI is InChI=1S/C45H72N12O16/c1-7-22(5)36(44(72)49-18-35(64)65)56-43(71)31(20-59)55-40(68)29(16-33(48)62)51-39(67)28(15-32(47)61)52-42(70)30(19-58)54-38(66)26(13-21(3)4)53-45(73)37(23(6)8-2)57-41(69)27(50-34(63)17-46)14-24-9-11-25(60)12-10-24/h9-12,21-23,26-31,36-37,58-60H,7-8,13-20,46H2,1-6H3,(H2,47,61)(H2,48,62)(H,49,72)(H,50,63)(H,51,67)(H,52,70)(H,53,73)(H,54,66)(H,55,68)(H,56,71)(H,57,69)(H,64,65)/t22-,23-,26-,27-,28-,29-,30-,31-,36-,37-/m0/s1. The van der Waals surface area contributed by atoms with E-state index in [9.17, 15) is 72.9 Å². The first kappa shape index (κ1) is 63.6. The predicted molar refractivity (Wildman–Crippen MR) is 257 cm³/mol. The number of nitrogens with one attached hydrogen (secondary N) is 9. The number of nitrogens with two attached hydrogens (primary N) is 3. The third-order valence-electron chi connectivity index (χ3n) is 11.3. The molecule has 0 aliphatic heterocycles. The van der Waals surface area contributed by atoms with Crippen LogP contribution in [-0.4, -0.2) is 166 Å². The van der Waals surface area contributed by atoms with Crippen LogP contribution >= 0.6 is 0 Å². The number of phenolic OH excluding ortho intramolecular Hbond substituents is 1. The smallest absolute Gasteiger partial charge is 0.322 e. The maximum absolute atomic E-state index is 14.0. The van der Waals surface area contributed by atoms with Crippen molar-refractivity contribution in [1.82, 2.24) is 47.9 Å². The highest BCUT2D eigenvalue weighted by Crippen LogP contribution is 2.15. The van der Waals surface area contributed by atoms with Gasteiger partial charge in [-0.1, -0.05) is 66.5 Å². The zero-order valence-electron chi connectivity index (χ0n) is 41.7. The number of aliphatic carboxylic acids is 1. The Kier molecular flexibility index (Phi) is 27.7. The van der Waals surface area contributed by atoms with Gasteiger partial charge in [-0.15, -0.1) is 0 Å². The molecule has 11 amide bonds. The minimum atomic E-state index is -1.96. The molecule has 0 saturated heterocycles. The number of aliphatic hydroxyl groups excluding tert-OH is 2. The summed E-state index contributed by atoms with van der Waals surface area (Å²) in [6, 6.07) is -7.07. The fourth-order valence-electron chi connectivity index (χ4n) is 6.78. The second kappa shape index (κ2) is 31.8. The zero-order chi connectivity index (χ0) is 55.7. The van der Waals surface area contributed by atoms with E-state index in [1.807, 2.05) is 0 Å². The SMILES string of the molecule is CC[C@H](C)[C@H](NC(=O)[C@H](CO)NC(=O)[C@H](CC(N)=O)NC(=O)[C@H](CC(N)=O)NC(=O)[C@H](CO)NC(=O)[C@H](CC(C)C)NC(=O)[C@@H](NC(=O)[C@H](Cc1ccc(O)cc1)NC(=O)CN)[C@@H](C)CC)C(=O)NCC(=O)O. The molecule has 0 spiro atoms. The summed E-state index contributed by atoms with van der Waals surface area (Å²) in [4.78, 5) is 155. The van der Waals surface area contributed by atoms with Crippen molar-refractivity contribution in [2.75, 3.05) is 26.3 Å². The van der Waals surface area contributed by atoms with Crippen LogP contribution in [0.3, 0.4) is 0 Å². The van der Waals surface area contributed by atoms with Crippen LogP contribution < -0.4 is 65.1 Å². The van der Waals surface area contributed by atoms with Gasteiger partial charge in [-0.05, 0) is 41.9 Å². The number of aliphatic hydroxyl groups is 2. The van der Waals surface area contributed by atoms with E-state index in [0.717, 1.165) is 0 Å². The van der Waals surface area contributed by atoms with Crippen molar-refractivity contribution in [1.29, 1.82) is 0 Å². The molecule has 28 nitrogen and oxygen atoms in total. The van der Waals surface area contributed by atoms with Crippen LogP contribution in [0.25, 0.3) is 0 Å². The Morgan fingerprint density at radius 3 is 1.30 bits per heavy atom. The number of hydrogen-bond donors (Lipinski definition) is 16. The molecule has 1 rings (SSSR count). The molecule has 28 heteroatoms. The molecule has 0 radical (unpaired) electrons. The number of carboxylic acid groups (broad SMARTS) is 1. The molecule has 19 N–H and O–H groups in total. The number of hydrogen-bond acceptors (Lipinski definition) is 16. The Labute approximate surface area is 421 Å². The first-order valence-corrected chi connectivity index (χ1v) is 23.4. The van der Waals surface area contributed by atoms with Crippen molar-refractivity contribution in [3.8, 4) is 5.75 Å². The van der Waals surface area contributed by atoms with Crippen molar-refractivity contribution in [3.63, 3.8) is 0 Å². The molecule has 0 aliphatic carbocycles. The van der Waals surface area contributed by atoms with Gasteiger partial charge in [0.05, 0.1) is 32.6 Å². The number of benzene rings is 1. The van der Waals surface area contributed by atoms with Crippen LogP contribution in [0.15, 0.2) is 24.3 Å². The minimum absolute atomic E-state index is 0.0389. The van der Waals surface area contributed by atoms with Crippen molar-refractivity contribution in [2.24, 2.45) is 35.0 Å². The quantitative estimate of drug-likeness (QED) is 0.0311. The minimum Gasteiger partial charge on any atom is -0.508 e. The zero-order valence-corrected chi connectivity index (χ0v) is 41.7. The molecular weight excluding hydrogens is 965 g/mol. The lowest BCUT2D eigenvalue weighted by Gasteiger charge is -2.29. The summed E-state index contributed by atoms with van der Waals surface area (Å²) in [6.07, 6.45) is -1.37. The number of carboxylic acids is 1. The Balaban J connectivity index is 3.34. The second-order valence-corrected chi connectivity index (χ2v) is 17.7. The average Bonchev–Trinajstić information content (AvgIpc) is 3.33. The molecule has 0 fully saturated rings. The van der Waals surface area contributed by atoms with Crippen LogP contribution in [-0.2, 0) is 64.0 Å². The highest BCUT2D eigenvalue weighted by Gasteiger charge is 2.37. The van der Waals surface area contributed by atoms with Gasteiger partial charge < -0.3 is 85.5 Å². The summed E-state index contributed by atoms with van der Waals surface area (Å²) in [5.74, 6) is -14.5. The van der Waals surface area contributed by atoms with Crippen molar-refractivity contribution in [2.45, 2.75) is 128 Å². The molecule has 0 aliphatic rings. The van der Waals surface area contributed by atoms with Crippen LogP contribution in [0, 0.1) is 17.8 Å². The number of carbonyl (C=O) groups is 12. The van der Waals surface area contributed by atoms with Crippen LogP contribution in [0.5, 0.6) is 5.75 Å². The van der Waals surface area contributed by atoms with Crippen molar-refractivity contribution < 1.29 is 78.0 Å². The van der Waals surface area contributed by atoms with Gasteiger partial charge in [0, 0.05) is 6.42 Å². The van der Waals surface area contributed by atoms with E-state index in [2.05, 4.69) is 47.9 Å². The largest absolute Gasteiger partial charge is 0.508 e. The summed E-state index contributed by atoms with van der Waals surface area (Å²) in [7, 11) is 0. The molecule has 10 atom stereocenters. The van der Waals surface area contributed by atoms with E-state index in [1.54, 1.807) is 41.5 Å². The Morgan fingerprint density at radius 1 is 0.521 bits per heavy atom. The molecule has 1 aromatic rings. The fraction of sp³-hybridized carbons (Fsp3) is 0.600. The maximum Gasteiger partial charge on any atom is 0.322 e. The maximum atomic E-state index is 14.0. The Bertz CT molecular complexity index is 2110. The van der Waals surface area contributed by atoms with E-state index in [1.165, 1.54) is 24.3 Å². The molecule has 0 unspecified atom stereocenters. The molecule has 73 heavy (non-hydrogen) atoms. The van der Waals surface area contributed by atoms with Gasteiger partial charge in [0.25, 0.3) is 0 Å². The van der Waals surface area contributed by atoms with Gasteiger partial charge >= 0.3 is 5.97 Å². The molecule has 408 valence electrons. The number of aromatic hydroxyl groups is 1. The van der Waals surface area contributed by atoms with E-state index in [0.29, 0.717) is 18.4 Å². The lowest BCUT2D eigenvalue weighted by atomic mass is 9.95. The van der Waals surface area contributed by atoms with Crippen LogP contribution in [0.1, 0.15) is 79.2 Å². The third kappa shape index (κ3) is 22.7. The normalized spacial score (nSPS) is 15.1. The number of rotatable bonds is 33. The van der Waals surface area contributed by atoms with Gasteiger partial charge in [0.2, 0.25) is 65.0 Å². The van der Waals surface area contributed by atoms with E-state index in [-0.39, 0.29) is 24.5 Å². The van der Waals surface area contributed by atoms with Gasteiger partial charge in [0.15, 0.2) is 0 Å². The number of amides is 11. The number of carbonyl (C=O) groups excluding carboxylic acids is 11. The summed E-state index contributed by atoms with van der Waals surface area (Å²) in [5.41, 5.74) is 16.7. The van der Waals surface area contributed by atoms with Gasteiger partial charge in [-0.3, -0.25) is 57.5 Å². The van der Waals surface area contributed by atoms with Gasteiger partial charge in [0.1, 0.15) is 60.6 Å². The average molecular weight is 1040 g/mol. The van der Waals surface area contributed by atoms with Gasteiger partial charge in [-0.2, -0.15) is 0 Å². The summed E-state index contributed by atoms with van der Waals surface area (Å²) < 4.78 is 0. The summed E-state index contributed by atoms with van der Waals surface area (Å²) >= 11 is 0. The summed E-state index contributed by atoms with van der Waals surface area (Å²) in [6.45, 7) is 6.58. The third-order valence-corrected chi connectivity index (χ3v) is 11.3. The van der Waals surface area contributed by atoms with E-state index < -0.39 is 170 Å².